The van der Waals surface area contributed by atoms with Crippen molar-refractivity contribution in [3.63, 3.8) is 0 Å². The number of sulfonamides is 1. The number of piperidine rings is 1. The number of ether oxygens (including phenoxy) is 1. The van der Waals surface area contributed by atoms with Crippen molar-refractivity contribution in [1.29, 1.82) is 0 Å². The number of hydrogen-bond acceptors (Lipinski definition) is 4. The van der Waals surface area contributed by atoms with E-state index in [4.69, 9.17) is 4.74 Å². The van der Waals surface area contributed by atoms with E-state index in [1.807, 2.05) is 29.2 Å². The molecule has 2 aromatic carbocycles. The van der Waals surface area contributed by atoms with Crippen molar-refractivity contribution in [3.8, 4) is 5.75 Å². The third kappa shape index (κ3) is 4.23. The Morgan fingerprint density at radius 3 is 2.45 bits per heavy atom. The highest BCUT2D eigenvalue weighted by atomic mass is 32.2. The first-order chi connectivity index (χ1) is 14.0. The lowest BCUT2D eigenvalue weighted by atomic mass is 10.0. The molecule has 4 rings (SSSR count). The van der Waals surface area contributed by atoms with Gasteiger partial charge in [-0.15, -0.1) is 0 Å². The van der Waals surface area contributed by atoms with Crippen LogP contribution in [0.25, 0.3) is 0 Å². The molecular formula is C21H25N3O4S. The van der Waals surface area contributed by atoms with Crippen LogP contribution in [0, 0.1) is 5.92 Å². The maximum absolute atomic E-state index is 12.6. The number of carbonyl (C=O) groups is 1. The van der Waals surface area contributed by atoms with Crippen LogP contribution in [0.5, 0.6) is 5.75 Å². The van der Waals surface area contributed by atoms with E-state index in [2.05, 4.69) is 10.0 Å². The van der Waals surface area contributed by atoms with Crippen molar-refractivity contribution in [3.05, 3.63) is 60.2 Å². The first kappa shape index (κ1) is 19.7. The molecule has 29 heavy (non-hydrogen) atoms. The first-order valence-electron chi connectivity index (χ1n) is 9.71. The number of carbonyl (C=O) groups excluding carboxylic acids is 1. The molecule has 2 N–H and O–H groups in total. The van der Waals surface area contributed by atoms with Crippen LogP contribution in [0.15, 0.2) is 59.5 Å². The average molecular weight is 416 g/mol. The van der Waals surface area contributed by atoms with E-state index < -0.39 is 10.0 Å². The summed E-state index contributed by atoms with van der Waals surface area (Å²) in [5, 5.41) is 2.96. The largest absolute Gasteiger partial charge is 0.497 e. The number of hydrogen-bond donors (Lipinski definition) is 2. The van der Waals surface area contributed by atoms with E-state index in [9.17, 15) is 13.2 Å². The molecule has 2 fully saturated rings. The minimum Gasteiger partial charge on any atom is -0.497 e. The molecule has 2 aromatic rings. The van der Waals surface area contributed by atoms with Crippen LogP contribution in [-0.4, -0.2) is 45.1 Å². The topological polar surface area (TPSA) is 87.7 Å². The third-order valence-electron chi connectivity index (χ3n) is 5.77. The Balaban J connectivity index is 1.31. The standard InChI is InChI=1S/C21H25N3O4S/c1-28-18-9-7-15(8-10-18)13-22-21(25)24-14-16-11-17(24)12-20(16)23-29(26,27)19-5-3-2-4-6-19/h2-10,16-17,20,23H,11-14H2,1H3,(H,22,25). The predicted molar refractivity (Wildman–Crippen MR) is 109 cm³/mol. The number of likely N-dealkylation sites (tertiary alicyclic amines) is 1. The number of methoxy groups -OCH3 is 1. The molecule has 2 amide bonds. The number of rotatable bonds is 6. The number of nitrogens with one attached hydrogen (secondary N) is 2. The monoisotopic (exact) mass is 415 g/mol. The van der Waals surface area contributed by atoms with E-state index >= 15 is 0 Å². The van der Waals surface area contributed by atoms with Gasteiger partial charge in [0.25, 0.3) is 0 Å². The normalized spacial score (nSPS) is 23.2. The fraction of sp³-hybridized carbons (Fsp3) is 0.381. The van der Waals surface area contributed by atoms with Crippen LogP contribution < -0.4 is 14.8 Å². The van der Waals surface area contributed by atoms with Gasteiger partial charge in [-0.05, 0) is 48.6 Å². The van der Waals surface area contributed by atoms with Crippen molar-refractivity contribution in [2.45, 2.75) is 36.4 Å². The number of nitrogens with zero attached hydrogens (tertiary/aromatic N) is 1. The van der Waals surface area contributed by atoms with E-state index in [0.717, 1.165) is 17.7 Å². The molecular weight excluding hydrogens is 390 g/mol. The smallest absolute Gasteiger partial charge is 0.317 e. The van der Waals surface area contributed by atoms with Crippen LogP contribution in [0.3, 0.4) is 0 Å². The van der Waals surface area contributed by atoms with Gasteiger partial charge >= 0.3 is 6.03 Å². The summed E-state index contributed by atoms with van der Waals surface area (Å²) in [6.07, 6.45) is 1.48. The van der Waals surface area contributed by atoms with Gasteiger partial charge in [-0.25, -0.2) is 17.9 Å². The van der Waals surface area contributed by atoms with Gasteiger partial charge in [0.2, 0.25) is 10.0 Å². The first-order valence-corrected chi connectivity index (χ1v) is 11.2. The highest BCUT2D eigenvalue weighted by molar-refractivity contribution is 7.89. The summed E-state index contributed by atoms with van der Waals surface area (Å²) in [6.45, 7) is 1.02. The van der Waals surface area contributed by atoms with Gasteiger partial charge in [0.05, 0.1) is 12.0 Å². The van der Waals surface area contributed by atoms with Gasteiger partial charge in [-0.3, -0.25) is 0 Å². The molecule has 1 saturated carbocycles. The molecule has 1 aliphatic heterocycles. The summed E-state index contributed by atoms with van der Waals surface area (Å²) in [5.74, 6) is 0.922. The molecule has 0 radical (unpaired) electrons. The zero-order valence-electron chi connectivity index (χ0n) is 16.2. The van der Waals surface area contributed by atoms with Crippen molar-refractivity contribution in [2.24, 2.45) is 5.92 Å². The maximum Gasteiger partial charge on any atom is 0.317 e. The Kier molecular flexibility index (Phi) is 5.47. The second-order valence-electron chi connectivity index (χ2n) is 7.59. The molecule has 154 valence electrons. The van der Waals surface area contributed by atoms with Crippen LogP contribution in [0.4, 0.5) is 4.79 Å². The van der Waals surface area contributed by atoms with E-state index in [1.165, 1.54) is 0 Å². The van der Waals surface area contributed by atoms with Crippen molar-refractivity contribution >= 4 is 16.1 Å². The van der Waals surface area contributed by atoms with Crippen molar-refractivity contribution in [2.75, 3.05) is 13.7 Å². The van der Waals surface area contributed by atoms with Crippen LogP contribution in [-0.2, 0) is 16.6 Å². The highest BCUT2D eigenvalue weighted by Crippen LogP contribution is 2.38. The Morgan fingerprint density at radius 1 is 1.10 bits per heavy atom. The molecule has 2 bridgehead atoms. The second-order valence-corrected chi connectivity index (χ2v) is 9.30. The number of urea groups is 1. The van der Waals surface area contributed by atoms with Crippen LogP contribution in [0.1, 0.15) is 18.4 Å². The van der Waals surface area contributed by atoms with Crippen molar-refractivity contribution in [1.82, 2.24) is 14.9 Å². The second kappa shape index (κ2) is 8.04. The predicted octanol–water partition coefficient (Wildman–Crippen LogP) is 2.35. The molecule has 8 heteroatoms. The summed E-state index contributed by atoms with van der Waals surface area (Å²) in [5.41, 5.74) is 0.997. The van der Waals surface area contributed by atoms with Crippen LogP contribution >= 0.6 is 0 Å². The molecule has 3 unspecified atom stereocenters. The fourth-order valence-corrected chi connectivity index (χ4v) is 5.57. The fourth-order valence-electron chi connectivity index (χ4n) is 4.24. The SMILES string of the molecule is COc1ccc(CNC(=O)N2CC3CC2CC3NS(=O)(=O)c2ccccc2)cc1. The molecule has 0 aromatic heterocycles. The van der Waals surface area contributed by atoms with E-state index in [1.54, 1.807) is 37.4 Å². The lowest BCUT2D eigenvalue weighted by Gasteiger charge is -2.32. The molecule has 0 spiro atoms. The van der Waals surface area contributed by atoms with Gasteiger partial charge in [0, 0.05) is 25.2 Å². The summed E-state index contributed by atoms with van der Waals surface area (Å²) in [7, 11) is -1.92. The van der Waals surface area contributed by atoms with Crippen molar-refractivity contribution < 1.29 is 17.9 Å². The minimum absolute atomic E-state index is 0.0688. The molecule has 1 heterocycles. The summed E-state index contributed by atoms with van der Waals surface area (Å²) >= 11 is 0. The van der Waals surface area contributed by atoms with E-state index in [0.29, 0.717) is 19.5 Å². The Morgan fingerprint density at radius 2 is 1.83 bits per heavy atom. The average Bonchev–Trinajstić information content (AvgIpc) is 3.33. The van der Waals surface area contributed by atoms with Gasteiger partial charge in [-0.1, -0.05) is 30.3 Å². The lowest BCUT2D eigenvalue weighted by Crippen LogP contribution is -2.50. The summed E-state index contributed by atoms with van der Waals surface area (Å²) < 4.78 is 33.1. The minimum atomic E-state index is -3.54. The highest BCUT2D eigenvalue weighted by Gasteiger charge is 2.47. The maximum atomic E-state index is 12.6. The Bertz CT molecular complexity index is 963. The van der Waals surface area contributed by atoms with E-state index in [-0.39, 0.29) is 28.9 Å². The van der Waals surface area contributed by atoms with Gasteiger partial charge in [-0.2, -0.15) is 0 Å². The summed E-state index contributed by atoms with van der Waals surface area (Å²) in [6, 6.07) is 15.8. The number of benzene rings is 2. The molecule has 1 saturated heterocycles. The molecule has 1 aliphatic carbocycles. The van der Waals surface area contributed by atoms with Crippen LogP contribution in [0.2, 0.25) is 0 Å². The quantitative estimate of drug-likeness (QED) is 0.758. The third-order valence-corrected chi connectivity index (χ3v) is 7.27. The molecule has 7 nitrogen and oxygen atoms in total. The van der Waals surface area contributed by atoms with Gasteiger partial charge in [0.15, 0.2) is 0 Å². The summed E-state index contributed by atoms with van der Waals surface area (Å²) in [4.78, 5) is 14.7. The van der Waals surface area contributed by atoms with Gasteiger partial charge in [0.1, 0.15) is 5.75 Å². The lowest BCUT2D eigenvalue weighted by molar-refractivity contribution is 0.174. The zero-order chi connectivity index (χ0) is 20.4. The molecule has 3 atom stereocenters. The Hall–Kier alpha value is -2.58. The van der Waals surface area contributed by atoms with Gasteiger partial charge < -0.3 is 15.0 Å². The Labute approximate surface area is 171 Å². The number of fused-ring (bicyclic) bond motifs is 2. The molecule has 2 aliphatic rings. The zero-order valence-corrected chi connectivity index (χ0v) is 17.1. The number of amides is 2.